The summed E-state index contributed by atoms with van der Waals surface area (Å²) in [5, 5.41) is 10.6. The molecule has 0 aliphatic carbocycles. The van der Waals surface area contributed by atoms with Gasteiger partial charge in [0.15, 0.2) is 5.60 Å². The van der Waals surface area contributed by atoms with Crippen LogP contribution in [-0.4, -0.2) is 5.11 Å². The standard InChI is InChI=1S/C16H14O.2C2H6/c1-3-16(17,14-7-5-4-6-8-14)15-11-9-13(2)10-12-15;2*1-2/h1,4-12,17H,2H3;2*1-2H3. The molecule has 0 heterocycles. The van der Waals surface area contributed by atoms with Crippen LogP contribution >= 0.6 is 0 Å². The molecule has 0 aliphatic rings. The summed E-state index contributed by atoms with van der Waals surface area (Å²) >= 11 is 0. The number of hydrogen-bond acceptors (Lipinski definition) is 1. The zero-order chi connectivity index (χ0) is 16.3. The normalized spacial score (nSPS) is 11.7. The van der Waals surface area contributed by atoms with Crippen LogP contribution < -0.4 is 0 Å². The van der Waals surface area contributed by atoms with Gasteiger partial charge in [-0.05, 0) is 6.92 Å². The first kappa shape index (κ1) is 19.0. The van der Waals surface area contributed by atoms with Crippen LogP contribution in [0.3, 0.4) is 0 Å². The van der Waals surface area contributed by atoms with Crippen molar-refractivity contribution >= 4 is 0 Å². The highest BCUT2D eigenvalue weighted by atomic mass is 16.3. The van der Waals surface area contributed by atoms with Gasteiger partial charge in [0, 0.05) is 11.1 Å². The van der Waals surface area contributed by atoms with E-state index in [0.717, 1.165) is 11.1 Å². The van der Waals surface area contributed by atoms with Crippen molar-refractivity contribution in [3.05, 3.63) is 71.3 Å². The van der Waals surface area contributed by atoms with Gasteiger partial charge in [-0.15, -0.1) is 6.42 Å². The number of hydrogen-bond donors (Lipinski definition) is 1. The van der Waals surface area contributed by atoms with E-state index in [1.165, 1.54) is 0 Å². The van der Waals surface area contributed by atoms with Crippen molar-refractivity contribution < 1.29 is 5.11 Å². The summed E-state index contributed by atoms with van der Waals surface area (Å²) in [6, 6.07) is 16.9. The number of terminal acetylenes is 1. The second-order valence-corrected chi connectivity index (χ2v) is 4.09. The van der Waals surface area contributed by atoms with Crippen molar-refractivity contribution in [2.75, 3.05) is 0 Å². The molecule has 1 nitrogen and oxygen atoms in total. The summed E-state index contributed by atoms with van der Waals surface area (Å²) in [6.45, 7) is 10.0. The number of aryl methyl sites for hydroxylation is 1. The Kier molecular flexibility index (Phi) is 8.85. The van der Waals surface area contributed by atoms with Crippen molar-refractivity contribution in [3.63, 3.8) is 0 Å². The second-order valence-electron chi connectivity index (χ2n) is 4.09. The van der Waals surface area contributed by atoms with E-state index in [1.807, 2.05) is 89.2 Å². The molecule has 0 saturated carbocycles. The zero-order valence-electron chi connectivity index (χ0n) is 13.7. The Labute approximate surface area is 129 Å². The van der Waals surface area contributed by atoms with E-state index in [-0.39, 0.29) is 0 Å². The molecular weight excluding hydrogens is 256 g/mol. The number of rotatable bonds is 2. The van der Waals surface area contributed by atoms with E-state index in [1.54, 1.807) is 0 Å². The molecule has 0 spiro atoms. The van der Waals surface area contributed by atoms with Crippen LogP contribution in [0.1, 0.15) is 44.4 Å². The quantitative estimate of drug-likeness (QED) is 0.775. The van der Waals surface area contributed by atoms with Gasteiger partial charge in [-0.25, -0.2) is 0 Å². The third-order valence-corrected chi connectivity index (χ3v) is 2.87. The summed E-state index contributed by atoms with van der Waals surface area (Å²) < 4.78 is 0. The molecule has 0 saturated heterocycles. The molecule has 1 heteroatoms. The Morgan fingerprint density at radius 3 is 1.67 bits per heavy atom. The molecule has 21 heavy (non-hydrogen) atoms. The van der Waals surface area contributed by atoms with E-state index >= 15 is 0 Å². The zero-order valence-corrected chi connectivity index (χ0v) is 13.7. The first-order valence-electron chi connectivity index (χ1n) is 7.49. The topological polar surface area (TPSA) is 20.2 Å². The van der Waals surface area contributed by atoms with Crippen molar-refractivity contribution in [1.82, 2.24) is 0 Å². The predicted molar refractivity (Wildman–Crippen MR) is 92.1 cm³/mol. The first-order chi connectivity index (χ1) is 10.2. The predicted octanol–water partition coefficient (Wildman–Crippen LogP) is 4.92. The minimum absolute atomic E-state index is 0.714. The Bertz CT molecular complexity index is 534. The summed E-state index contributed by atoms with van der Waals surface area (Å²) in [4.78, 5) is 0. The van der Waals surface area contributed by atoms with Crippen LogP contribution in [0.5, 0.6) is 0 Å². The van der Waals surface area contributed by atoms with Gasteiger partial charge >= 0.3 is 0 Å². The van der Waals surface area contributed by atoms with E-state index in [4.69, 9.17) is 6.42 Å². The smallest absolute Gasteiger partial charge is 0.176 e. The molecular formula is C20H26O. The Balaban J connectivity index is 0.000000921. The van der Waals surface area contributed by atoms with E-state index in [0.29, 0.717) is 5.56 Å². The maximum Gasteiger partial charge on any atom is 0.176 e. The van der Waals surface area contributed by atoms with Crippen LogP contribution in [0.15, 0.2) is 54.6 Å². The first-order valence-corrected chi connectivity index (χ1v) is 7.49. The molecule has 0 radical (unpaired) electrons. The minimum atomic E-state index is -1.35. The highest BCUT2D eigenvalue weighted by Crippen LogP contribution is 2.28. The molecule has 2 aromatic carbocycles. The Morgan fingerprint density at radius 2 is 1.24 bits per heavy atom. The SMILES string of the molecule is C#CC(O)(c1ccccc1)c1ccc(C)cc1.CC.CC. The number of aliphatic hydroxyl groups is 1. The lowest BCUT2D eigenvalue weighted by Gasteiger charge is -2.23. The molecule has 0 amide bonds. The van der Waals surface area contributed by atoms with Gasteiger partial charge in [-0.3, -0.25) is 0 Å². The molecule has 2 rings (SSSR count). The van der Waals surface area contributed by atoms with Crippen LogP contribution in [-0.2, 0) is 5.60 Å². The van der Waals surface area contributed by atoms with Crippen molar-refractivity contribution in [2.45, 2.75) is 40.2 Å². The lowest BCUT2D eigenvalue weighted by atomic mass is 9.87. The van der Waals surface area contributed by atoms with E-state index < -0.39 is 5.60 Å². The van der Waals surface area contributed by atoms with Crippen molar-refractivity contribution in [1.29, 1.82) is 0 Å². The second kappa shape index (κ2) is 9.80. The van der Waals surface area contributed by atoms with Crippen LogP contribution in [0.4, 0.5) is 0 Å². The fraction of sp³-hybridized carbons (Fsp3) is 0.300. The van der Waals surface area contributed by atoms with E-state index in [2.05, 4.69) is 5.92 Å². The molecule has 0 bridgehead atoms. The van der Waals surface area contributed by atoms with Gasteiger partial charge in [0.05, 0.1) is 0 Å². The maximum absolute atomic E-state index is 10.6. The average molecular weight is 282 g/mol. The highest BCUT2D eigenvalue weighted by molar-refractivity contribution is 5.43. The van der Waals surface area contributed by atoms with Crippen molar-refractivity contribution in [3.8, 4) is 12.3 Å². The molecule has 0 aliphatic heterocycles. The molecule has 0 aromatic heterocycles. The molecule has 0 fully saturated rings. The largest absolute Gasteiger partial charge is 0.369 e. The lowest BCUT2D eigenvalue weighted by molar-refractivity contribution is 0.145. The minimum Gasteiger partial charge on any atom is -0.369 e. The van der Waals surface area contributed by atoms with Gasteiger partial charge in [-0.1, -0.05) is 93.8 Å². The third kappa shape index (κ3) is 4.77. The van der Waals surface area contributed by atoms with Gasteiger partial charge < -0.3 is 5.11 Å². The summed E-state index contributed by atoms with van der Waals surface area (Å²) in [6.07, 6.45) is 5.51. The molecule has 1 N–H and O–H groups in total. The molecule has 1 unspecified atom stereocenters. The van der Waals surface area contributed by atoms with Crippen LogP contribution in [0.2, 0.25) is 0 Å². The van der Waals surface area contributed by atoms with Crippen LogP contribution in [0, 0.1) is 19.3 Å². The number of benzene rings is 2. The van der Waals surface area contributed by atoms with Crippen LogP contribution in [0.25, 0.3) is 0 Å². The van der Waals surface area contributed by atoms with Gasteiger partial charge in [0.1, 0.15) is 0 Å². The lowest BCUT2D eigenvalue weighted by Crippen LogP contribution is -2.24. The van der Waals surface area contributed by atoms with Gasteiger partial charge in [-0.2, -0.15) is 0 Å². The molecule has 2 aromatic rings. The molecule has 1 atom stereocenters. The summed E-state index contributed by atoms with van der Waals surface area (Å²) in [5.74, 6) is 2.49. The fourth-order valence-corrected chi connectivity index (χ4v) is 1.81. The molecule has 112 valence electrons. The third-order valence-electron chi connectivity index (χ3n) is 2.87. The summed E-state index contributed by atoms with van der Waals surface area (Å²) in [5.41, 5.74) is 1.22. The monoisotopic (exact) mass is 282 g/mol. The van der Waals surface area contributed by atoms with Gasteiger partial charge in [0.25, 0.3) is 0 Å². The van der Waals surface area contributed by atoms with E-state index in [9.17, 15) is 5.11 Å². The average Bonchev–Trinajstić information content (AvgIpc) is 2.59. The summed E-state index contributed by atoms with van der Waals surface area (Å²) in [7, 11) is 0. The van der Waals surface area contributed by atoms with Crippen molar-refractivity contribution in [2.24, 2.45) is 0 Å². The fourth-order valence-electron chi connectivity index (χ4n) is 1.81. The Morgan fingerprint density at radius 1 is 0.810 bits per heavy atom. The maximum atomic E-state index is 10.6. The van der Waals surface area contributed by atoms with Gasteiger partial charge in [0.2, 0.25) is 0 Å². The Hall–Kier alpha value is -2.04. The highest BCUT2D eigenvalue weighted by Gasteiger charge is 2.28.